The molecule has 0 atom stereocenters. The summed E-state index contributed by atoms with van der Waals surface area (Å²) in [5, 5.41) is 7.72. The van der Waals surface area contributed by atoms with Crippen molar-refractivity contribution in [3.63, 3.8) is 0 Å². The molecule has 2 N–H and O–H groups in total. The number of hydrogen-bond acceptors (Lipinski definition) is 3. The highest BCUT2D eigenvalue weighted by atomic mass is 15.1. The molecule has 2 rings (SSSR count). The van der Waals surface area contributed by atoms with E-state index in [0.29, 0.717) is 5.82 Å². The lowest BCUT2D eigenvalue weighted by Gasteiger charge is -2.19. The van der Waals surface area contributed by atoms with E-state index < -0.39 is 0 Å². The maximum absolute atomic E-state index is 5.77. The van der Waals surface area contributed by atoms with Crippen LogP contribution in [0.25, 0.3) is 0 Å². The van der Waals surface area contributed by atoms with Crippen LogP contribution in [0, 0.1) is 0 Å². The van der Waals surface area contributed by atoms with Crippen LogP contribution in [-0.4, -0.2) is 10.2 Å². The summed E-state index contributed by atoms with van der Waals surface area (Å²) in [5.41, 5.74) is 8.44. The molecule has 1 aromatic heterocycles. The SMILES string of the molecule is CC1(C)CCc2cnnc(N)c21. The summed E-state index contributed by atoms with van der Waals surface area (Å²) in [7, 11) is 0. The first-order chi connectivity index (χ1) is 5.61. The van der Waals surface area contributed by atoms with Crippen LogP contribution in [0.4, 0.5) is 5.82 Å². The van der Waals surface area contributed by atoms with E-state index >= 15 is 0 Å². The molecule has 12 heavy (non-hydrogen) atoms. The Bertz CT molecular complexity index is 318. The van der Waals surface area contributed by atoms with Crippen molar-refractivity contribution in [2.45, 2.75) is 32.1 Å². The third-order valence-corrected chi connectivity index (χ3v) is 2.65. The molecule has 1 heterocycles. The minimum absolute atomic E-state index is 0.190. The minimum atomic E-state index is 0.190. The average Bonchev–Trinajstić information content (AvgIpc) is 2.29. The van der Waals surface area contributed by atoms with E-state index in [9.17, 15) is 0 Å². The molecule has 0 aromatic carbocycles. The van der Waals surface area contributed by atoms with E-state index in [1.165, 1.54) is 11.1 Å². The molecule has 3 heteroatoms. The van der Waals surface area contributed by atoms with Crippen molar-refractivity contribution in [1.82, 2.24) is 10.2 Å². The van der Waals surface area contributed by atoms with Gasteiger partial charge in [0, 0.05) is 5.56 Å². The molecule has 1 aromatic rings. The fraction of sp³-hybridized carbons (Fsp3) is 0.556. The highest BCUT2D eigenvalue weighted by Crippen LogP contribution is 2.39. The summed E-state index contributed by atoms with van der Waals surface area (Å²) in [4.78, 5) is 0. The van der Waals surface area contributed by atoms with Crippen molar-refractivity contribution in [3.8, 4) is 0 Å². The van der Waals surface area contributed by atoms with Crippen LogP contribution >= 0.6 is 0 Å². The van der Waals surface area contributed by atoms with Crippen LogP contribution in [0.1, 0.15) is 31.4 Å². The summed E-state index contributed by atoms with van der Waals surface area (Å²) < 4.78 is 0. The van der Waals surface area contributed by atoms with E-state index in [2.05, 4.69) is 24.0 Å². The van der Waals surface area contributed by atoms with Gasteiger partial charge in [0.2, 0.25) is 0 Å². The number of hydrogen-bond donors (Lipinski definition) is 1. The third kappa shape index (κ3) is 0.891. The second-order valence-electron chi connectivity index (χ2n) is 4.01. The topological polar surface area (TPSA) is 51.8 Å². The summed E-state index contributed by atoms with van der Waals surface area (Å²) in [6.07, 6.45) is 4.07. The number of nitrogen functional groups attached to an aromatic ring is 1. The highest BCUT2D eigenvalue weighted by molar-refractivity contribution is 5.50. The van der Waals surface area contributed by atoms with E-state index in [0.717, 1.165) is 12.8 Å². The predicted molar refractivity (Wildman–Crippen MR) is 47.8 cm³/mol. The van der Waals surface area contributed by atoms with E-state index in [-0.39, 0.29) is 5.41 Å². The predicted octanol–water partition coefficient (Wildman–Crippen LogP) is 1.28. The van der Waals surface area contributed by atoms with Crippen molar-refractivity contribution in [3.05, 3.63) is 17.3 Å². The first kappa shape index (κ1) is 7.53. The van der Waals surface area contributed by atoms with Gasteiger partial charge in [-0.2, -0.15) is 5.10 Å². The van der Waals surface area contributed by atoms with Gasteiger partial charge in [0.1, 0.15) is 5.82 Å². The molecule has 0 radical (unpaired) electrons. The van der Waals surface area contributed by atoms with E-state index in [1.807, 2.05) is 6.20 Å². The molecule has 0 saturated carbocycles. The van der Waals surface area contributed by atoms with Gasteiger partial charge in [-0.25, -0.2) is 0 Å². The van der Waals surface area contributed by atoms with Crippen molar-refractivity contribution < 1.29 is 0 Å². The van der Waals surface area contributed by atoms with E-state index in [1.54, 1.807) is 0 Å². The van der Waals surface area contributed by atoms with Crippen molar-refractivity contribution in [1.29, 1.82) is 0 Å². The van der Waals surface area contributed by atoms with Gasteiger partial charge in [0.25, 0.3) is 0 Å². The third-order valence-electron chi connectivity index (χ3n) is 2.65. The molecular formula is C9H13N3. The highest BCUT2D eigenvalue weighted by Gasteiger charge is 2.32. The number of rotatable bonds is 0. The maximum Gasteiger partial charge on any atom is 0.150 e. The lowest BCUT2D eigenvalue weighted by atomic mass is 9.87. The Morgan fingerprint density at radius 3 is 2.92 bits per heavy atom. The Hall–Kier alpha value is -1.12. The van der Waals surface area contributed by atoms with Gasteiger partial charge in [0.15, 0.2) is 0 Å². The summed E-state index contributed by atoms with van der Waals surface area (Å²) >= 11 is 0. The Morgan fingerprint density at radius 1 is 1.50 bits per heavy atom. The second kappa shape index (κ2) is 2.19. The van der Waals surface area contributed by atoms with E-state index in [4.69, 9.17) is 5.73 Å². The largest absolute Gasteiger partial charge is 0.382 e. The molecule has 0 amide bonds. The molecule has 3 nitrogen and oxygen atoms in total. The zero-order chi connectivity index (χ0) is 8.77. The van der Waals surface area contributed by atoms with Gasteiger partial charge in [-0.1, -0.05) is 13.8 Å². The molecular weight excluding hydrogens is 150 g/mol. The smallest absolute Gasteiger partial charge is 0.150 e. The van der Waals surface area contributed by atoms with Gasteiger partial charge >= 0.3 is 0 Å². The Labute approximate surface area is 72.0 Å². The fourth-order valence-corrected chi connectivity index (χ4v) is 1.98. The molecule has 0 fully saturated rings. The summed E-state index contributed by atoms with van der Waals surface area (Å²) in [5.74, 6) is 0.606. The fourth-order valence-electron chi connectivity index (χ4n) is 1.98. The van der Waals surface area contributed by atoms with Crippen molar-refractivity contribution in [2.24, 2.45) is 0 Å². The molecule has 1 aliphatic carbocycles. The Kier molecular flexibility index (Phi) is 1.37. The van der Waals surface area contributed by atoms with Crippen LogP contribution in [0.15, 0.2) is 6.20 Å². The molecule has 0 saturated heterocycles. The standard InChI is InChI=1S/C9H13N3/c1-9(2)4-3-6-5-11-12-8(10)7(6)9/h5H,3-4H2,1-2H3,(H2,10,12). The maximum atomic E-state index is 5.77. The van der Waals surface area contributed by atoms with Gasteiger partial charge in [0.05, 0.1) is 6.20 Å². The molecule has 1 aliphatic rings. The number of nitrogens with zero attached hydrogens (tertiary/aromatic N) is 2. The lowest BCUT2D eigenvalue weighted by molar-refractivity contribution is 0.522. The lowest BCUT2D eigenvalue weighted by Crippen LogP contribution is -2.15. The van der Waals surface area contributed by atoms with Crippen LogP contribution in [-0.2, 0) is 11.8 Å². The van der Waals surface area contributed by atoms with Crippen LogP contribution < -0.4 is 5.73 Å². The molecule has 0 spiro atoms. The first-order valence-corrected chi connectivity index (χ1v) is 4.22. The molecule has 0 bridgehead atoms. The van der Waals surface area contributed by atoms with Crippen LogP contribution in [0.2, 0.25) is 0 Å². The Balaban J connectivity index is 2.64. The van der Waals surface area contributed by atoms with Crippen molar-refractivity contribution >= 4 is 5.82 Å². The quantitative estimate of drug-likeness (QED) is 0.626. The number of anilines is 1. The second-order valence-corrected chi connectivity index (χ2v) is 4.01. The van der Waals surface area contributed by atoms with Gasteiger partial charge < -0.3 is 5.73 Å². The van der Waals surface area contributed by atoms with Crippen molar-refractivity contribution in [2.75, 3.05) is 5.73 Å². The minimum Gasteiger partial charge on any atom is -0.382 e. The summed E-state index contributed by atoms with van der Waals surface area (Å²) in [6.45, 7) is 4.41. The molecule has 0 aliphatic heterocycles. The zero-order valence-electron chi connectivity index (χ0n) is 7.46. The zero-order valence-corrected chi connectivity index (χ0v) is 7.46. The number of fused-ring (bicyclic) bond motifs is 1. The van der Waals surface area contributed by atoms with Crippen LogP contribution in [0.3, 0.4) is 0 Å². The summed E-state index contributed by atoms with van der Waals surface area (Å²) in [6, 6.07) is 0. The van der Waals surface area contributed by atoms with Gasteiger partial charge in [-0.3, -0.25) is 0 Å². The normalized spacial score (nSPS) is 19.2. The molecule has 64 valence electrons. The van der Waals surface area contributed by atoms with Gasteiger partial charge in [-0.15, -0.1) is 5.10 Å². The number of aryl methyl sites for hydroxylation is 1. The average molecular weight is 163 g/mol. The van der Waals surface area contributed by atoms with Crippen LogP contribution in [0.5, 0.6) is 0 Å². The number of nitrogens with two attached hydrogens (primary N) is 1. The Morgan fingerprint density at radius 2 is 2.25 bits per heavy atom. The first-order valence-electron chi connectivity index (χ1n) is 4.22. The van der Waals surface area contributed by atoms with Gasteiger partial charge in [-0.05, 0) is 23.8 Å². The number of aromatic nitrogens is 2. The molecule has 0 unspecified atom stereocenters. The monoisotopic (exact) mass is 163 g/mol.